The van der Waals surface area contributed by atoms with Crippen LogP contribution in [0.15, 0.2) is 30.3 Å². The summed E-state index contributed by atoms with van der Waals surface area (Å²) in [6, 6.07) is 9.31. The van der Waals surface area contributed by atoms with Crippen LogP contribution in [0.2, 0.25) is 0 Å². The van der Waals surface area contributed by atoms with E-state index in [-0.39, 0.29) is 5.97 Å². The van der Waals surface area contributed by atoms with Crippen molar-refractivity contribution in [2.75, 3.05) is 6.61 Å². The van der Waals surface area contributed by atoms with Gasteiger partial charge in [0.1, 0.15) is 5.60 Å². The molecule has 0 spiro atoms. The average molecular weight is 317 g/mol. The molecule has 5 nitrogen and oxygen atoms in total. The molecule has 0 saturated carbocycles. The smallest absolute Gasteiger partial charge is 0.419 e. The summed E-state index contributed by atoms with van der Waals surface area (Å²) in [7, 11) is 0. The topological polar surface area (TPSA) is 57.5 Å². The van der Waals surface area contributed by atoms with E-state index in [0.29, 0.717) is 17.8 Å². The molecule has 2 aromatic rings. The van der Waals surface area contributed by atoms with Crippen LogP contribution in [0.25, 0.3) is 10.9 Å². The molecule has 1 atom stereocenters. The van der Waals surface area contributed by atoms with E-state index in [2.05, 4.69) is 0 Å². The van der Waals surface area contributed by atoms with Gasteiger partial charge in [-0.05, 0) is 46.8 Å². The van der Waals surface area contributed by atoms with Crippen LogP contribution in [0, 0.1) is 0 Å². The zero-order valence-corrected chi connectivity index (χ0v) is 14.3. The summed E-state index contributed by atoms with van der Waals surface area (Å²) in [5.74, 6) is -0.921. The van der Waals surface area contributed by atoms with Gasteiger partial charge in [0.15, 0.2) is 0 Å². The van der Waals surface area contributed by atoms with Crippen LogP contribution in [0.3, 0.4) is 0 Å². The maximum Gasteiger partial charge on any atom is 0.419 e. The molecule has 0 bridgehead atoms. The van der Waals surface area contributed by atoms with Gasteiger partial charge in [0, 0.05) is 11.1 Å². The van der Waals surface area contributed by atoms with Gasteiger partial charge in [-0.1, -0.05) is 18.2 Å². The number of aromatic nitrogens is 1. The number of nitrogens with zero attached hydrogens (tertiary/aromatic N) is 1. The zero-order valence-electron chi connectivity index (χ0n) is 14.3. The quantitative estimate of drug-likeness (QED) is 0.800. The molecule has 1 aromatic heterocycles. The molecular formula is C18H23NO4. The predicted molar refractivity (Wildman–Crippen MR) is 88.6 cm³/mol. The lowest BCUT2D eigenvalue weighted by molar-refractivity contribution is -0.144. The second-order valence-electron chi connectivity index (χ2n) is 6.42. The van der Waals surface area contributed by atoms with Crippen molar-refractivity contribution < 1.29 is 19.1 Å². The molecule has 1 aromatic carbocycles. The molecule has 0 aliphatic carbocycles. The van der Waals surface area contributed by atoms with Crippen LogP contribution in [0.5, 0.6) is 0 Å². The van der Waals surface area contributed by atoms with Crippen molar-refractivity contribution in [3.05, 3.63) is 36.0 Å². The molecule has 0 unspecified atom stereocenters. The second kappa shape index (κ2) is 6.44. The highest BCUT2D eigenvalue weighted by Crippen LogP contribution is 2.27. The third-order valence-corrected chi connectivity index (χ3v) is 3.40. The first-order valence-electron chi connectivity index (χ1n) is 7.75. The molecular weight excluding hydrogens is 294 g/mol. The maximum absolute atomic E-state index is 12.6. The van der Waals surface area contributed by atoms with E-state index in [0.717, 1.165) is 5.39 Å². The van der Waals surface area contributed by atoms with Crippen molar-refractivity contribution in [1.29, 1.82) is 0 Å². The van der Waals surface area contributed by atoms with Crippen molar-refractivity contribution in [2.45, 2.75) is 46.1 Å². The third-order valence-electron chi connectivity index (χ3n) is 3.40. The molecule has 1 heterocycles. The highest BCUT2D eigenvalue weighted by atomic mass is 16.6. The number of fused-ring (bicyclic) bond motifs is 1. The van der Waals surface area contributed by atoms with Crippen molar-refractivity contribution in [1.82, 2.24) is 4.57 Å². The Hall–Kier alpha value is -2.30. The molecule has 0 aliphatic rings. The fourth-order valence-electron chi connectivity index (χ4n) is 2.39. The van der Waals surface area contributed by atoms with Crippen LogP contribution in [-0.2, 0) is 14.3 Å². The molecule has 124 valence electrons. The fourth-order valence-corrected chi connectivity index (χ4v) is 2.39. The number of rotatable bonds is 3. The normalized spacial score (nSPS) is 12.9. The van der Waals surface area contributed by atoms with Crippen LogP contribution in [-0.4, -0.2) is 28.8 Å². The summed E-state index contributed by atoms with van der Waals surface area (Å²) in [6.07, 6.45) is -0.496. The number of esters is 1. The lowest BCUT2D eigenvalue weighted by atomic mass is 10.1. The summed E-state index contributed by atoms with van der Waals surface area (Å²) in [4.78, 5) is 24.7. The number of carbonyl (C=O) groups is 2. The van der Waals surface area contributed by atoms with E-state index in [9.17, 15) is 9.59 Å². The van der Waals surface area contributed by atoms with Gasteiger partial charge in [-0.2, -0.15) is 0 Å². The standard InChI is InChI=1S/C18H23NO4/c1-6-22-16(20)12(2)15-11-13-9-7-8-10-14(13)19(15)17(21)23-18(3,4)5/h7-12H,6H2,1-5H3/t12-/m1/s1. The van der Waals surface area contributed by atoms with Gasteiger partial charge in [-0.25, -0.2) is 9.36 Å². The van der Waals surface area contributed by atoms with Crippen molar-refractivity contribution in [3.8, 4) is 0 Å². The third kappa shape index (κ3) is 3.73. The van der Waals surface area contributed by atoms with Gasteiger partial charge >= 0.3 is 12.1 Å². The summed E-state index contributed by atoms with van der Waals surface area (Å²) in [6.45, 7) is 9.22. The largest absolute Gasteiger partial charge is 0.465 e. The molecule has 0 aliphatic heterocycles. The number of benzene rings is 1. The average Bonchev–Trinajstić information content (AvgIpc) is 2.84. The van der Waals surface area contributed by atoms with Crippen molar-refractivity contribution in [2.24, 2.45) is 0 Å². The Kier molecular flexibility index (Phi) is 4.78. The molecule has 23 heavy (non-hydrogen) atoms. The lowest BCUT2D eigenvalue weighted by Crippen LogP contribution is -2.29. The first-order valence-corrected chi connectivity index (χ1v) is 7.75. The van der Waals surface area contributed by atoms with Gasteiger partial charge in [-0.15, -0.1) is 0 Å². The highest BCUT2D eigenvalue weighted by molar-refractivity contribution is 5.93. The Morgan fingerprint density at radius 1 is 1.22 bits per heavy atom. The molecule has 0 amide bonds. The van der Waals surface area contributed by atoms with E-state index in [4.69, 9.17) is 9.47 Å². The first-order chi connectivity index (χ1) is 10.7. The predicted octanol–water partition coefficient (Wildman–Crippen LogP) is 4.09. The minimum Gasteiger partial charge on any atom is -0.465 e. The zero-order chi connectivity index (χ0) is 17.2. The minimum absolute atomic E-state index is 0.301. The van der Waals surface area contributed by atoms with E-state index in [1.165, 1.54) is 4.57 Å². The Morgan fingerprint density at radius 3 is 2.48 bits per heavy atom. The van der Waals surface area contributed by atoms with Crippen molar-refractivity contribution in [3.63, 3.8) is 0 Å². The summed E-state index contributed by atoms with van der Waals surface area (Å²) < 4.78 is 12.0. The van der Waals surface area contributed by atoms with Crippen LogP contribution < -0.4 is 0 Å². The molecule has 0 radical (unpaired) electrons. The van der Waals surface area contributed by atoms with Gasteiger partial charge in [0.05, 0.1) is 18.0 Å². The van der Waals surface area contributed by atoms with E-state index in [1.54, 1.807) is 13.8 Å². The molecule has 5 heteroatoms. The van der Waals surface area contributed by atoms with E-state index >= 15 is 0 Å². The van der Waals surface area contributed by atoms with Gasteiger partial charge in [0.2, 0.25) is 0 Å². The Bertz CT molecular complexity index is 724. The van der Waals surface area contributed by atoms with E-state index < -0.39 is 17.6 Å². The van der Waals surface area contributed by atoms with Gasteiger partial charge in [0.25, 0.3) is 0 Å². The maximum atomic E-state index is 12.6. The van der Waals surface area contributed by atoms with E-state index in [1.807, 2.05) is 51.1 Å². The van der Waals surface area contributed by atoms with Crippen LogP contribution in [0.4, 0.5) is 4.79 Å². The van der Waals surface area contributed by atoms with Gasteiger partial charge < -0.3 is 9.47 Å². The number of hydrogen-bond acceptors (Lipinski definition) is 4. The number of ether oxygens (including phenoxy) is 2. The Balaban J connectivity index is 2.53. The second-order valence-corrected chi connectivity index (χ2v) is 6.42. The number of para-hydroxylation sites is 1. The number of hydrogen-bond donors (Lipinski definition) is 0. The summed E-state index contributed by atoms with van der Waals surface area (Å²) in [5, 5.41) is 0.879. The Labute approximate surface area is 136 Å². The van der Waals surface area contributed by atoms with Gasteiger partial charge in [-0.3, -0.25) is 4.79 Å². The molecule has 0 fully saturated rings. The highest BCUT2D eigenvalue weighted by Gasteiger charge is 2.27. The fraction of sp³-hybridized carbons (Fsp3) is 0.444. The Morgan fingerprint density at radius 2 is 1.87 bits per heavy atom. The molecule has 0 N–H and O–H groups in total. The first kappa shape index (κ1) is 17.1. The monoisotopic (exact) mass is 317 g/mol. The SMILES string of the molecule is CCOC(=O)[C@H](C)c1cc2ccccc2n1C(=O)OC(C)(C)C. The molecule has 2 rings (SSSR count). The summed E-state index contributed by atoms with van der Waals surface area (Å²) >= 11 is 0. The van der Waals surface area contributed by atoms with Crippen molar-refractivity contribution >= 4 is 23.0 Å². The number of carbonyl (C=O) groups excluding carboxylic acids is 2. The minimum atomic E-state index is -0.618. The summed E-state index contributed by atoms with van der Waals surface area (Å²) in [5.41, 5.74) is 0.666. The van der Waals surface area contributed by atoms with Crippen LogP contribution in [0.1, 0.15) is 46.2 Å². The molecule has 0 saturated heterocycles. The lowest BCUT2D eigenvalue weighted by Gasteiger charge is -2.22. The van der Waals surface area contributed by atoms with Crippen LogP contribution >= 0.6 is 0 Å².